The van der Waals surface area contributed by atoms with Crippen LogP contribution in [0.2, 0.25) is 0 Å². The van der Waals surface area contributed by atoms with Gasteiger partial charge in [0.05, 0.1) is 13.2 Å². The van der Waals surface area contributed by atoms with Gasteiger partial charge in [-0.15, -0.1) is 0 Å². The van der Waals surface area contributed by atoms with E-state index in [1.165, 1.54) is 42.6 Å². The Hall–Kier alpha value is -1.18. The summed E-state index contributed by atoms with van der Waals surface area (Å²) in [6, 6.07) is 3.74. The van der Waals surface area contributed by atoms with Gasteiger partial charge in [-0.25, -0.2) is 13.4 Å². The molecule has 7 heteroatoms. The summed E-state index contributed by atoms with van der Waals surface area (Å²) in [5.74, 6) is 2.09. The molecule has 2 heterocycles. The zero-order chi connectivity index (χ0) is 18.6. The number of hydrogen-bond acceptors (Lipinski definition) is 5. The van der Waals surface area contributed by atoms with Crippen molar-refractivity contribution in [3.63, 3.8) is 0 Å². The van der Waals surface area contributed by atoms with E-state index in [0.29, 0.717) is 38.3 Å². The van der Waals surface area contributed by atoms with E-state index in [9.17, 15) is 8.42 Å². The number of morpholine rings is 1. The summed E-state index contributed by atoms with van der Waals surface area (Å²) in [6.07, 6.45) is 8.15. The van der Waals surface area contributed by atoms with Gasteiger partial charge in [-0.1, -0.05) is 39.0 Å². The molecule has 0 aromatic carbocycles. The van der Waals surface area contributed by atoms with Crippen molar-refractivity contribution in [2.24, 2.45) is 11.8 Å². The van der Waals surface area contributed by atoms with Crippen molar-refractivity contribution in [2.75, 3.05) is 31.6 Å². The molecule has 2 atom stereocenters. The Bertz CT molecular complexity index is 666. The SMILES string of the molecule is CC(Nc1ccc(S(=O)(=O)N2CCOCC2)cn1)C(C)C1CCCCC1. The Labute approximate surface area is 157 Å². The summed E-state index contributed by atoms with van der Waals surface area (Å²) in [5, 5.41) is 3.46. The van der Waals surface area contributed by atoms with Gasteiger partial charge in [0.25, 0.3) is 0 Å². The molecule has 2 unspecified atom stereocenters. The molecule has 0 radical (unpaired) electrons. The summed E-state index contributed by atoms with van der Waals surface area (Å²) in [5.41, 5.74) is 0. The van der Waals surface area contributed by atoms with Crippen molar-refractivity contribution in [3.8, 4) is 0 Å². The van der Waals surface area contributed by atoms with E-state index in [2.05, 4.69) is 24.1 Å². The van der Waals surface area contributed by atoms with E-state index in [0.717, 1.165) is 11.7 Å². The topological polar surface area (TPSA) is 71.5 Å². The van der Waals surface area contributed by atoms with Crippen LogP contribution >= 0.6 is 0 Å². The van der Waals surface area contributed by atoms with Crippen LogP contribution in [0.25, 0.3) is 0 Å². The molecular formula is C19H31N3O3S. The monoisotopic (exact) mass is 381 g/mol. The summed E-state index contributed by atoms with van der Waals surface area (Å²) in [6.45, 7) is 6.20. The zero-order valence-corrected chi connectivity index (χ0v) is 16.7. The number of nitrogens with one attached hydrogen (secondary N) is 1. The number of hydrogen-bond donors (Lipinski definition) is 1. The number of pyridine rings is 1. The minimum Gasteiger partial charge on any atom is -0.379 e. The van der Waals surface area contributed by atoms with Crippen LogP contribution in [0.5, 0.6) is 0 Å². The van der Waals surface area contributed by atoms with Gasteiger partial charge in [0.1, 0.15) is 10.7 Å². The van der Waals surface area contributed by atoms with Crippen LogP contribution in [0, 0.1) is 11.8 Å². The van der Waals surface area contributed by atoms with Crippen LogP contribution in [-0.2, 0) is 14.8 Å². The van der Waals surface area contributed by atoms with E-state index >= 15 is 0 Å². The Morgan fingerprint density at radius 2 is 1.85 bits per heavy atom. The second kappa shape index (κ2) is 8.67. The molecule has 1 aliphatic heterocycles. The van der Waals surface area contributed by atoms with Gasteiger partial charge in [-0.2, -0.15) is 4.31 Å². The molecule has 0 bridgehead atoms. The van der Waals surface area contributed by atoms with Crippen LogP contribution in [0.1, 0.15) is 46.0 Å². The van der Waals surface area contributed by atoms with Crippen LogP contribution in [0.4, 0.5) is 5.82 Å². The molecule has 1 saturated carbocycles. The van der Waals surface area contributed by atoms with Gasteiger partial charge in [-0.3, -0.25) is 0 Å². The maximum absolute atomic E-state index is 12.6. The maximum atomic E-state index is 12.6. The second-order valence-electron chi connectivity index (χ2n) is 7.59. The molecule has 2 fully saturated rings. The molecule has 0 amide bonds. The molecule has 6 nitrogen and oxygen atoms in total. The fourth-order valence-electron chi connectivity index (χ4n) is 3.99. The number of aromatic nitrogens is 1. The van der Waals surface area contributed by atoms with Gasteiger partial charge < -0.3 is 10.1 Å². The normalized spacial score (nSPS) is 22.7. The lowest BCUT2D eigenvalue weighted by Gasteiger charge is -2.32. The lowest BCUT2D eigenvalue weighted by atomic mass is 9.78. The van der Waals surface area contributed by atoms with Crippen molar-refractivity contribution < 1.29 is 13.2 Å². The third kappa shape index (κ3) is 4.56. The van der Waals surface area contributed by atoms with Gasteiger partial charge >= 0.3 is 0 Å². The first-order chi connectivity index (χ1) is 12.5. The highest BCUT2D eigenvalue weighted by molar-refractivity contribution is 7.89. The lowest BCUT2D eigenvalue weighted by Crippen LogP contribution is -2.40. The fourth-order valence-corrected chi connectivity index (χ4v) is 5.34. The van der Waals surface area contributed by atoms with E-state index in [1.807, 2.05) is 0 Å². The summed E-state index contributed by atoms with van der Waals surface area (Å²) < 4.78 is 32.0. The number of nitrogens with zero attached hydrogens (tertiary/aromatic N) is 2. The first-order valence-corrected chi connectivity index (χ1v) is 11.2. The highest BCUT2D eigenvalue weighted by Gasteiger charge is 2.27. The van der Waals surface area contributed by atoms with Crippen molar-refractivity contribution in [1.82, 2.24) is 9.29 Å². The van der Waals surface area contributed by atoms with Crippen molar-refractivity contribution in [1.29, 1.82) is 0 Å². The Balaban J connectivity index is 1.61. The molecule has 2 aliphatic rings. The van der Waals surface area contributed by atoms with Gasteiger partial charge in [0.2, 0.25) is 10.0 Å². The van der Waals surface area contributed by atoms with Gasteiger partial charge in [0, 0.05) is 25.3 Å². The van der Waals surface area contributed by atoms with E-state index < -0.39 is 10.0 Å². The van der Waals surface area contributed by atoms with Crippen molar-refractivity contribution in [2.45, 2.75) is 56.9 Å². The molecule has 1 saturated heterocycles. The largest absolute Gasteiger partial charge is 0.379 e. The minimum absolute atomic E-state index is 0.248. The average Bonchev–Trinajstić information content (AvgIpc) is 2.69. The van der Waals surface area contributed by atoms with E-state index in [1.54, 1.807) is 12.1 Å². The van der Waals surface area contributed by atoms with Gasteiger partial charge in [0.15, 0.2) is 0 Å². The van der Waals surface area contributed by atoms with Crippen LogP contribution in [-0.4, -0.2) is 50.1 Å². The summed E-state index contributed by atoms with van der Waals surface area (Å²) in [7, 11) is -3.48. The molecule has 0 spiro atoms. The van der Waals surface area contributed by atoms with Crippen molar-refractivity contribution >= 4 is 15.8 Å². The first kappa shape index (κ1) is 19.6. The van der Waals surface area contributed by atoms with Crippen LogP contribution in [0.15, 0.2) is 23.2 Å². The predicted molar refractivity (Wildman–Crippen MR) is 103 cm³/mol. The van der Waals surface area contributed by atoms with Crippen LogP contribution < -0.4 is 5.32 Å². The number of ether oxygens (including phenoxy) is 1. The Morgan fingerprint density at radius 3 is 2.46 bits per heavy atom. The summed E-state index contributed by atoms with van der Waals surface area (Å²) >= 11 is 0. The molecular weight excluding hydrogens is 350 g/mol. The minimum atomic E-state index is -3.48. The molecule has 146 valence electrons. The molecule has 1 aromatic heterocycles. The average molecular weight is 382 g/mol. The lowest BCUT2D eigenvalue weighted by molar-refractivity contribution is 0.0730. The fraction of sp³-hybridized carbons (Fsp3) is 0.737. The standard InChI is InChI=1S/C19H31N3O3S/c1-15(17-6-4-3-5-7-17)16(2)21-19-9-8-18(14-20-19)26(23,24)22-10-12-25-13-11-22/h8-9,14-17H,3-7,10-13H2,1-2H3,(H,20,21). The predicted octanol–water partition coefficient (Wildman–Crippen LogP) is 3.12. The molecule has 3 rings (SSSR count). The van der Waals surface area contributed by atoms with Crippen LogP contribution in [0.3, 0.4) is 0 Å². The molecule has 1 aromatic rings. The van der Waals surface area contributed by atoms with Crippen molar-refractivity contribution in [3.05, 3.63) is 18.3 Å². The third-order valence-electron chi connectivity index (χ3n) is 5.90. The van der Waals surface area contributed by atoms with E-state index in [4.69, 9.17) is 4.74 Å². The Morgan fingerprint density at radius 1 is 1.15 bits per heavy atom. The number of rotatable bonds is 6. The summed E-state index contributed by atoms with van der Waals surface area (Å²) in [4.78, 5) is 4.61. The quantitative estimate of drug-likeness (QED) is 0.820. The molecule has 1 aliphatic carbocycles. The highest BCUT2D eigenvalue weighted by Crippen LogP contribution is 2.32. The first-order valence-electron chi connectivity index (χ1n) is 9.79. The number of sulfonamides is 1. The van der Waals surface area contributed by atoms with E-state index in [-0.39, 0.29) is 4.90 Å². The zero-order valence-electron chi connectivity index (χ0n) is 15.9. The molecule has 26 heavy (non-hydrogen) atoms. The third-order valence-corrected chi connectivity index (χ3v) is 7.78. The highest BCUT2D eigenvalue weighted by atomic mass is 32.2. The maximum Gasteiger partial charge on any atom is 0.244 e. The number of anilines is 1. The molecule has 1 N–H and O–H groups in total. The smallest absolute Gasteiger partial charge is 0.244 e. The second-order valence-corrected chi connectivity index (χ2v) is 9.52. The Kier molecular flexibility index (Phi) is 6.53. The van der Waals surface area contributed by atoms with Gasteiger partial charge in [-0.05, 0) is 30.9 Å².